The molecule has 1 saturated carbocycles. The summed E-state index contributed by atoms with van der Waals surface area (Å²) in [4.78, 5) is 5.06. The SMILES string of the molecule is CCC(=NOC)C1=C(c2ccc(I)cc2)CC2CC(O)[C@H]1C2. The van der Waals surface area contributed by atoms with Gasteiger partial charge in [0.2, 0.25) is 0 Å². The number of hydrogen-bond acceptors (Lipinski definition) is 3. The lowest BCUT2D eigenvalue weighted by Gasteiger charge is -2.28. The van der Waals surface area contributed by atoms with Crippen molar-refractivity contribution in [2.45, 2.75) is 38.7 Å². The van der Waals surface area contributed by atoms with Gasteiger partial charge in [0.15, 0.2) is 0 Å². The van der Waals surface area contributed by atoms with Gasteiger partial charge in [-0.25, -0.2) is 0 Å². The number of hydrogen-bond donors (Lipinski definition) is 1. The number of allylic oxidation sites excluding steroid dienone is 1. The van der Waals surface area contributed by atoms with Gasteiger partial charge >= 0.3 is 0 Å². The molecule has 22 heavy (non-hydrogen) atoms. The number of oxime groups is 1. The van der Waals surface area contributed by atoms with Crippen LogP contribution in [0.15, 0.2) is 35.0 Å². The number of aliphatic hydroxyl groups is 1. The van der Waals surface area contributed by atoms with E-state index in [9.17, 15) is 5.11 Å². The highest BCUT2D eigenvalue weighted by atomic mass is 127. The van der Waals surface area contributed by atoms with Gasteiger partial charge in [-0.1, -0.05) is 24.2 Å². The standard InChI is InChI=1S/C18H22INO2/c1-3-16(20-22-2)18-14(12-4-6-13(19)7-5-12)8-11-9-15(18)17(21)10-11/h4-7,11,15,17,21H,3,8-10H2,1-2H3/t11?,15-,17?/m1/s1. The maximum atomic E-state index is 10.5. The topological polar surface area (TPSA) is 41.8 Å². The number of benzene rings is 1. The summed E-state index contributed by atoms with van der Waals surface area (Å²) < 4.78 is 1.24. The van der Waals surface area contributed by atoms with Crippen molar-refractivity contribution >= 4 is 33.9 Å². The fourth-order valence-electron chi connectivity index (χ4n) is 3.94. The molecule has 118 valence electrons. The summed E-state index contributed by atoms with van der Waals surface area (Å²) in [5, 5.41) is 14.7. The van der Waals surface area contributed by atoms with E-state index in [0.717, 1.165) is 31.4 Å². The summed E-state index contributed by atoms with van der Waals surface area (Å²) in [5.41, 5.74) is 4.83. The minimum Gasteiger partial charge on any atom is -0.399 e. The maximum absolute atomic E-state index is 10.5. The van der Waals surface area contributed by atoms with Crippen LogP contribution in [0, 0.1) is 15.4 Å². The first-order chi connectivity index (χ1) is 10.6. The zero-order valence-corrected chi connectivity index (χ0v) is 15.2. The van der Waals surface area contributed by atoms with Crippen LogP contribution in [-0.2, 0) is 4.84 Å². The molecule has 0 aromatic heterocycles. The second-order valence-electron chi connectivity index (χ2n) is 6.19. The highest BCUT2D eigenvalue weighted by Crippen LogP contribution is 2.49. The van der Waals surface area contributed by atoms with Crippen molar-refractivity contribution in [2.24, 2.45) is 17.0 Å². The average molecular weight is 411 g/mol. The lowest BCUT2D eigenvalue weighted by Crippen LogP contribution is -2.23. The van der Waals surface area contributed by atoms with Crippen molar-refractivity contribution in [1.82, 2.24) is 0 Å². The van der Waals surface area contributed by atoms with Gasteiger partial charge in [0.1, 0.15) is 7.11 Å². The summed E-state index contributed by atoms with van der Waals surface area (Å²) in [6.45, 7) is 2.10. The van der Waals surface area contributed by atoms with Gasteiger partial charge < -0.3 is 9.94 Å². The molecule has 0 radical (unpaired) electrons. The molecule has 0 spiro atoms. The third-order valence-corrected chi connectivity index (χ3v) is 5.57. The predicted molar refractivity (Wildman–Crippen MR) is 97.7 cm³/mol. The summed E-state index contributed by atoms with van der Waals surface area (Å²) in [5.74, 6) is 0.806. The summed E-state index contributed by atoms with van der Waals surface area (Å²) in [6.07, 6.45) is 3.60. The lowest BCUT2D eigenvalue weighted by molar-refractivity contribution is 0.149. The van der Waals surface area contributed by atoms with Crippen LogP contribution >= 0.6 is 22.6 Å². The van der Waals surface area contributed by atoms with E-state index in [1.807, 2.05) is 0 Å². The average Bonchev–Trinajstić information content (AvgIpc) is 2.81. The van der Waals surface area contributed by atoms with Gasteiger partial charge in [0.05, 0.1) is 11.8 Å². The Bertz CT molecular complexity index is 606. The molecule has 2 aliphatic rings. The monoisotopic (exact) mass is 411 g/mol. The van der Waals surface area contributed by atoms with E-state index in [4.69, 9.17) is 4.84 Å². The normalized spacial score (nSPS) is 28.2. The molecule has 0 saturated heterocycles. The van der Waals surface area contributed by atoms with E-state index >= 15 is 0 Å². The third-order valence-electron chi connectivity index (χ3n) is 4.86. The molecule has 3 atom stereocenters. The van der Waals surface area contributed by atoms with Crippen LogP contribution in [0.3, 0.4) is 0 Å². The first-order valence-corrected chi connectivity index (χ1v) is 8.99. The Morgan fingerprint density at radius 2 is 2.05 bits per heavy atom. The Morgan fingerprint density at radius 1 is 1.32 bits per heavy atom. The van der Waals surface area contributed by atoms with E-state index in [-0.39, 0.29) is 12.0 Å². The maximum Gasteiger partial charge on any atom is 0.106 e. The molecule has 3 nitrogen and oxygen atoms in total. The van der Waals surface area contributed by atoms with Crippen LogP contribution in [0.1, 0.15) is 38.2 Å². The van der Waals surface area contributed by atoms with E-state index in [1.54, 1.807) is 7.11 Å². The lowest BCUT2D eigenvalue weighted by atomic mass is 9.77. The first kappa shape index (κ1) is 16.0. The van der Waals surface area contributed by atoms with Crippen molar-refractivity contribution < 1.29 is 9.94 Å². The Morgan fingerprint density at radius 3 is 2.68 bits per heavy atom. The summed E-state index contributed by atoms with van der Waals surface area (Å²) in [7, 11) is 1.59. The Balaban J connectivity index is 2.12. The quantitative estimate of drug-likeness (QED) is 0.457. The van der Waals surface area contributed by atoms with Crippen molar-refractivity contribution in [3.05, 3.63) is 39.0 Å². The number of fused-ring (bicyclic) bond motifs is 2. The first-order valence-electron chi connectivity index (χ1n) is 7.91. The van der Waals surface area contributed by atoms with Gasteiger partial charge in [-0.05, 0) is 83.0 Å². The Hall–Kier alpha value is -0.880. The van der Waals surface area contributed by atoms with Crippen LogP contribution in [0.25, 0.3) is 5.57 Å². The fraction of sp³-hybridized carbons (Fsp3) is 0.500. The fourth-order valence-corrected chi connectivity index (χ4v) is 4.30. The van der Waals surface area contributed by atoms with Gasteiger partial charge in [0, 0.05) is 9.49 Å². The molecule has 0 heterocycles. The second-order valence-corrected chi connectivity index (χ2v) is 7.43. The molecule has 1 fully saturated rings. The Labute approximate surface area is 145 Å². The molecule has 1 aromatic rings. The molecular weight excluding hydrogens is 389 g/mol. The third kappa shape index (κ3) is 2.95. The van der Waals surface area contributed by atoms with Crippen LogP contribution in [0.4, 0.5) is 0 Å². The zero-order chi connectivity index (χ0) is 15.7. The van der Waals surface area contributed by atoms with Crippen LogP contribution in [-0.4, -0.2) is 24.0 Å². The predicted octanol–water partition coefficient (Wildman–Crippen LogP) is 4.25. The van der Waals surface area contributed by atoms with Crippen LogP contribution in [0.5, 0.6) is 0 Å². The molecule has 1 aromatic carbocycles. The second kappa shape index (κ2) is 6.71. The smallest absolute Gasteiger partial charge is 0.106 e. The van der Waals surface area contributed by atoms with Gasteiger partial charge in [-0.2, -0.15) is 0 Å². The van der Waals surface area contributed by atoms with Crippen LogP contribution < -0.4 is 0 Å². The summed E-state index contributed by atoms with van der Waals surface area (Å²) in [6, 6.07) is 8.67. The molecule has 2 aliphatic carbocycles. The largest absolute Gasteiger partial charge is 0.399 e. The van der Waals surface area contributed by atoms with E-state index in [1.165, 1.54) is 20.3 Å². The number of rotatable bonds is 4. The highest BCUT2D eigenvalue weighted by molar-refractivity contribution is 14.1. The van der Waals surface area contributed by atoms with Crippen molar-refractivity contribution in [3.8, 4) is 0 Å². The van der Waals surface area contributed by atoms with E-state index in [0.29, 0.717) is 5.92 Å². The highest BCUT2D eigenvalue weighted by Gasteiger charge is 2.42. The molecule has 0 aliphatic heterocycles. The van der Waals surface area contributed by atoms with Crippen molar-refractivity contribution in [2.75, 3.05) is 7.11 Å². The minimum atomic E-state index is -0.241. The van der Waals surface area contributed by atoms with E-state index < -0.39 is 0 Å². The molecule has 2 bridgehead atoms. The molecule has 0 amide bonds. The van der Waals surface area contributed by atoms with Gasteiger partial charge in [-0.3, -0.25) is 0 Å². The minimum absolute atomic E-state index is 0.210. The molecule has 3 rings (SSSR count). The van der Waals surface area contributed by atoms with Crippen LogP contribution in [0.2, 0.25) is 0 Å². The molecule has 2 unspecified atom stereocenters. The molecule has 1 N–H and O–H groups in total. The van der Waals surface area contributed by atoms with Crippen molar-refractivity contribution in [3.63, 3.8) is 0 Å². The van der Waals surface area contributed by atoms with Gasteiger partial charge in [0.25, 0.3) is 0 Å². The van der Waals surface area contributed by atoms with E-state index in [2.05, 4.69) is 58.9 Å². The number of aliphatic hydroxyl groups excluding tert-OH is 1. The number of halogens is 1. The molecular formula is C18H22INO2. The molecule has 4 heteroatoms. The van der Waals surface area contributed by atoms with Crippen molar-refractivity contribution in [1.29, 1.82) is 0 Å². The summed E-state index contributed by atoms with van der Waals surface area (Å²) >= 11 is 2.33. The number of nitrogens with zero attached hydrogens (tertiary/aromatic N) is 1. The zero-order valence-electron chi connectivity index (χ0n) is 13.1. The van der Waals surface area contributed by atoms with Gasteiger partial charge in [-0.15, -0.1) is 0 Å². The Kier molecular flexibility index (Phi) is 4.88.